The second-order valence-corrected chi connectivity index (χ2v) is 4.49. The maximum atomic E-state index is 9.10. The maximum Gasteiger partial charge on any atom is 0.414 e. The van der Waals surface area contributed by atoms with E-state index >= 15 is 0 Å². The van der Waals surface area contributed by atoms with Crippen molar-refractivity contribution < 1.29 is 29.1 Å². The number of carboxylic acid groups (broad SMARTS) is 2. The summed E-state index contributed by atoms with van der Waals surface area (Å²) in [6.45, 7) is 2.11. The molecule has 21 heavy (non-hydrogen) atoms. The standard InChI is InChI=1S/C10H13ClN2O2.C2H2O4/c1-14-6-7-4-10(13-15-7)8-5-12-3-2-9(8)11;3-1(4)2(5)6/h4,12H,2-3,5-6H2,1H3;(H,3,4)(H,5,6). The quantitative estimate of drug-likeness (QED) is 0.703. The average Bonchev–Trinajstić information content (AvgIpc) is 2.89. The number of rotatable bonds is 3. The van der Waals surface area contributed by atoms with Crippen molar-refractivity contribution in [2.24, 2.45) is 0 Å². The zero-order valence-corrected chi connectivity index (χ0v) is 12.0. The van der Waals surface area contributed by atoms with E-state index < -0.39 is 11.9 Å². The lowest BCUT2D eigenvalue weighted by molar-refractivity contribution is -0.159. The highest BCUT2D eigenvalue weighted by molar-refractivity contribution is 6.32. The third-order valence-corrected chi connectivity index (χ3v) is 2.91. The summed E-state index contributed by atoms with van der Waals surface area (Å²) < 4.78 is 10.1. The summed E-state index contributed by atoms with van der Waals surface area (Å²) in [4.78, 5) is 18.2. The Kier molecular flexibility index (Phi) is 6.86. The third-order valence-electron chi connectivity index (χ3n) is 2.49. The van der Waals surface area contributed by atoms with Gasteiger partial charge in [-0.1, -0.05) is 16.8 Å². The number of hydrogen-bond acceptors (Lipinski definition) is 6. The second kappa shape index (κ2) is 8.40. The van der Waals surface area contributed by atoms with Crippen molar-refractivity contribution in [3.63, 3.8) is 0 Å². The van der Waals surface area contributed by atoms with Crippen LogP contribution in [0.15, 0.2) is 15.6 Å². The highest BCUT2D eigenvalue weighted by Gasteiger charge is 2.16. The molecule has 2 heterocycles. The van der Waals surface area contributed by atoms with Crippen molar-refractivity contribution in [1.82, 2.24) is 10.5 Å². The van der Waals surface area contributed by atoms with Crippen LogP contribution in [0.5, 0.6) is 0 Å². The molecule has 0 amide bonds. The second-order valence-electron chi connectivity index (χ2n) is 4.03. The number of methoxy groups -OCH3 is 1. The first-order chi connectivity index (χ1) is 9.95. The van der Waals surface area contributed by atoms with Crippen molar-refractivity contribution in [2.45, 2.75) is 13.0 Å². The van der Waals surface area contributed by atoms with Gasteiger partial charge < -0.3 is 24.8 Å². The van der Waals surface area contributed by atoms with E-state index in [0.717, 1.165) is 41.6 Å². The number of nitrogens with zero attached hydrogens (tertiary/aromatic N) is 1. The van der Waals surface area contributed by atoms with E-state index in [4.69, 9.17) is 40.7 Å². The van der Waals surface area contributed by atoms with Crippen LogP contribution in [0, 0.1) is 0 Å². The van der Waals surface area contributed by atoms with Crippen LogP contribution >= 0.6 is 11.6 Å². The van der Waals surface area contributed by atoms with Crippen molar-refractivity contribution in [3.8, 4) is 0 Å². The molecule has 0 aromatic carbocycles. The maximum absolute atomic E-state index is 9.10. The molecule has 0 fully saturated rings. The summed E-state index contributed by atoms with van der Waals surface area (Å²) in [5.74, 6) is -2.93. The molecule has 1 aliphatic rings. The summed E-state index contributed by atoms with van der Waals surface area (Å²) in [6.07, 6.45) is 0.851. The van der Waals surface area contributed by atoms with Crippen molar-refractivity contribution in [2.75, 3.05) is 20.2 Å². The minimum Gasteiger partial charge on any atom is -0.473 e. The Hall–Kier alpha value is -1.90. The lowest BCUT2D eigenvalue weighted by atomic mass is 10.1. The number of nitrogens with one attached hydrogen (secondary N) is 1. The Balaban J connectivity index is 0.000000315. The Morgan fingerprint density at radius 2 is 2.14 bits per heavy atom. The molecule has 116 valence electrons. The number of aliphatic carboxylic acids is 2. The van der Waals surface area contributed by atoms with E-state index in [0.29, 0.717) is 6.61 Å². The van der Waals surface area contributed by atoms with Gasteiger partial charge in [-0.25, -0.2) is 9.59 Å². The zero-order valence-electron chi connectivity index (χ0n) is 11.3. The Labute approximate surface area is 125 Å². The Morgan fingerprint density at radius 1 is 1.48 bits per heavy atom. The Morgan fingerprint density at radius 3 is 2.67 bits per heavy atom. The fourth-order valence-electron chi connectivity index (χ4n) is 1.55. The van der Waals surface area contributed by atoms with E-state index in [1.54, 1.807) is 7.11 Å². The van der Waals surface area contributed by atoms with Gasteiger partial charge in [-0.2, -0.15) is 0 Å². The molecular weight excluding hydrogens is 304 g/mol. The summed E-state index contributed by atoms with van der Waals surface area (Å²) >= 11 is 6.13. The van der Waals surface area contributed by atoms with Gasteiger partial charge in [0.05, 0.1) is 0 Å². The average molecular weight is 319 g/mol. The normalized spacial score (nSPS) is 14.4. The molecule has 9 heteroatoms. The number of carboxylic acids is 2. The summed E-state index contributed by atoms with van der Waals surface area (Å²) in [6, 6.07) is 1.87. The van der Waals surface area contributed by atoms with Gasteiger partial charge in [-0.05, 0) is 6.42 Å². The zero-order chi connectivity index (χ0) is 15.8. The van der Waals surface area contributed by atoms with Crippen LogP contribution in [0.1, 0.15) is 17.9 Å². The van der Waals surface area contributed by atoms with E-state index in [-0.39, 0.29) is 0 Å². The van der Waals surface area contributed by atoms with Crippen molar-refractivity contribution in [3.05, 3.63) is 22.6 Å². The number of hydrogen-bond donors (Lipinski definition) is 3. The molecule has 0 saturated heterocycles. The number of aromatic nitrogens is 1. The minimum absolute atomic E-state index is 0.436. The number of carbonyl (C=O) groups is 2. The first-order valence-corrected chi connectivity index (χ1v) is 6.32. The predicted molar refractivity (Wildman–Crippen MR) is 72.7 cm³/mol. The smallest absolute Gasteiger partial charge is 0.414 e. The molecule has 1 aromatic rings. The monoisotopic (exact) mass is 318 g/mol. The first-order valence-electron chi connectivity index (χ1n) is 5.95. The van der Waals surface area contributed by atoms with Gasteiger partial charge in [0.15, 0.2) is 5.76 Å². The largest absolute Gasteiger partial charge is 0.473 e. The highest BCUT2D eigenvalue weighted by Crippen LogP contribution is 2.25. The van der Waals surface area contributed by atoms with Gasteiger partial charge in [-0.15, -0.1) is 0 Å². The molecule has 0 aliphatic carbocycles. The van der Waals surface area contributed by atoms with E-state index in [1.165, 1.54) is 0 Å². The minimum atomic E-state index is -1.82. The molecule has 1 aromatic heterocycles. The van der Waals surface area contributed by atoms with Crippen molar-refractivity contribution >= 4 is 29.1 Å². The predicted octanol–water partition coefficient (Wildman–Crippen LogP) is 0.920. The summed E-state index contributed by atoms with van der Waals surface area (Å²) in [5, 5.41) is 22.9. The van der Waals surface area contributed by atoms with Gasteiger partial charge in [0.1, 0.15) is 12.3 Å². The molecule has 0 spiro atoms. The van der Waals surface area contributed by atoms with E-state index in [1.807, 2.05) is 6.07 Å². The molecule has 0 atom stereocenters. The molecule has 0 unspecified atom stereocenters. The summed E-state index contributed by atoms with van der Waals surface area (Å²) in [5.41, 5.74) is 1.83. The van der Waals surface area contributed by atoms with Crippen LogP contribution in [0.4, 0.5) is 0 Å². The van der Waals surface area contributed by atoms with Crippen LogP contribution in [0.25, 0.3) is 5.57 Å². The van der Waals surface area contributed by atoms with E-state index in [9.17, 15) is 0 Å². The van der Waals surface area contributed by atoms with Gasteiger partial charge >= 0.3 is 11.9 Å². The molecule has 2 rings (SSSR count). The highest BCUT2D eigenvalue weighted by atomic mass is 35.5. The molecular formula is C12H15ClN2O6. The number of ether oxygens (including phenoxy) is 1. The van der Waals surface area contributed by atoms with Crippen LogP contribution < -0.4 is 5.32 Å². The molecule has 0 saturated carbocycles. The van der Waals surface area contributed by atoms with Crippen LogP contribution in [0.2, 0.25) is 0 Å². The molecule has 8 nitrogen and oxygen atoms in total. The number of halogens is 1. The van der Waals surface area contributed by atoms with Crippen LogP contribution in [0.3, 0.4) is 0 Å². The molecule has 0 bridgehead atoms. The van der Waals surface area contributed by atoms with Crippen LogP contribution in [-0.4, -0.2) is 47.5 Å². The SMILES string of the molecule is COCc1cc(C2=C(Cl)CCNC2)no1.O=C(O)C(=O)O. The lowest BCUT2D eigenvalue weighted by Crippen LogP contribution is -2.23. The van der Waals surface area contributed by atoms with Gasteiger partial charge in [0.25, 0.3) is 0 Å². The van der Waals surface area contributed by atoms with Gasteiger partial charge in [0, 0.05) is 36.9 Å². The van der Waals surface area contributed by atoms with E-state index in [2.05, 4.69) is 10.5 Å². The molecule has 1 aliphatic heterocycles. The molecule has 0 radical (unpaired) electrons. The van der Waals surface area contributed by atoms with Gasteiger partial charge in [0.2, 0.25) is 0 Å². The Bertz CT molecular complexity index is 528. The van der Waals surface area contributed by atoms with Gasteiger partial charge in [-0.3, -0.25) is 0 Å². The fourth-order valence-corrected chi connectivity index (χ4v) is 1.81. The van der Waals surface area contributed by atoms with Crippen LogP contribution in [-0.2, 0) is 20.9 Å². The first kappa shape index (κ1) is 17.2. The molecule has 3 N–H and O–H groups in total. The topological polar surface area (TPSA) is 122 Å². The lowest BCUT2D eigenvalue weighted by Gasteiger charge is -2.14. The van der Waals surface area contributed by atoms with Crippen molar-refractivity contribution in [1.29, 1.82) is 0 Å². The summed E-state index contributed by atoms with van der Waals surface area (Å²) in [7, 11) is 1.62. The third kappa shape index (κ3) is 5.54. The fraction of sp³-hybridized carbons (Fsp3) is 0.417.